The second kappa shape index (κ2) is 5.22. The van der Waals surface area contributed by atoms with Gasteiger partial charge in [0.05, 0.1) is 5.69 Å². The van der Waals surface area contributed by atoms with Gasteiger partial charge in [-0.2, -0.15) is 0 Å². The molecule has 0 unspecified atom stereocenters. The van der Waals surface area contributed by atoms with E-state index in [9.17, 15) is 4.79 Å². The normalized spacial score (nSPS) is 10.8. The van der Waals surface area contributed by atoms with E-state index in [4.69, 9.17) is 14.4 Å². The summed E-state index contributed by atoms with van der Waals surface area (Å²) in [6.07, 6.45) is -0.523. The van der Waals surface area contributed by atoms with E-state index in [1.807, 2.05) is 0 Å². The first kappa shape index (κ1) is 12.9. The number of carbonyl (C=O) groups is 1. The molecule has 1 radical (unpaired) electrons. The first-order valence-corrected chi connectivity index (χ1v) is 5.50. The van der Waals surface area contributed by atoms with E-state index in [1.165, 1.54) is 11.3 Å². The fraction of sp³-hybridized carbons (Fsp3) is 0.444. The molecule has 1 amide bonds. The molecule has 1 aromatic rings. The summed E-state index contributed by atoms with van der Waals surface area (Å²) in [4.78, 5) is 11.4. The number of thiophene rings is 1. The highest BCUT2D eigenvalue weighted by atomic mass is 32.1. The first-order valence-electron chi connectivity index (χ1n) is 4.62. The monoisotopic (exact) mass is 242 g/mol. The van der Waals surface area contributed by atoms with Gasteiger partial charge in [0.2, 0.25) is 0 Å². The molecule has 0 aliphatic rings. The fourth-order valence-corrected chi connectivity index (χ4v) is 1.58. The molecule has 87 valence electrons. The average molecular weight is 242 g/mol. The van der Waals surface area contributed by atoms with Crippen molar-refractivity contribution in [2.75, 3.05) is 5.32 Å². The number of ether oxygens (including phenoxy) is 1. The number of anilines is 1. The molecule has 0 spiro atoms. The fourth-order valence-electron chi connectivity index (χ4n) is 0.917. The van der Waals surface area contributed by atoms with Crippen molar-refractivity contribution in [3.8, 4) is 5.06 Å². The third kappa shape index (κ3) is 4.54. The highest BCUT2D eigenvalue weighted by Gasteiger charge is 2.16. The quantitative estimate of drug-likeness (QED) is 0.795. The van der Waals surface area contributed by atoms with Crippen molar-refractivity contribution in [2.45, 2.75) is 26.4 Å². The molecule has 0 saturated heterocycles. The van der Waals surface area contributed by atoms with Gasteiger partial charge in [-0.25, -0.2) is 4.79 Å². The van der Waals surface area contributed by atoms with Crippen molar-refractivity contribution < 1.29 is 19.2 Å². The molecule has 0 fully saturated rings. The summed E-state index contributed by atoms with van der Waals surface area (Å²) in [7, 11) is 0.586. The van der Waals surface area contributed by atoms with Crippen LogP contribution in [0.2, 0.25) is 0 Å². The van der Waals surface area contributed by atoms with E-state index < -0.39 is 11.7 Å². The van der Waals surface area contributed by atoms with Gasteiger partial charge in [-0.1, -0.05) is 0 Å². The van der Waals surface area contributed by atoms with Crippen molar-refractivity contribution in [2.24, 2.45) is 0 Å². The van der Waals surface area contributed by atoms with Crippen LogP contribution >= 0.6 is 11.3 Å². The molecule has 1 rings (SSSR count). The van der Waals surface area contributed by atoms with Gasteiger partial charge in [0.1, 0.15) is 5.60 Å². The Kier molecular flexibility index (Phi) is 4.20. The Balaban J connectivity index is 2.50. The predicted octanol–water partition coefficient (Wildman–Crippen LogP) is 2.00. The van der Waals surface area contributed by atoms with Gasteiger partial charge >= 0.3 is 13.8 Å². The molecule has 0 aromatic carbocycles. The zero-order valence-corrected chi connectivity index (χ0v) is 10.1. The summed E-state index contributed by atoms with van der Waals surface area (Å²) in [5.41, 5.74) is 0.0364. The molecule has 5 nitrogen and oxygen atoms in total. The minimum absolute atomic E-state index is 0.480. The minimum Gasteiger partial charge on any atom is -0.530 e. The number of nitrogens with one attached hydrogen (secondary N) is 1. The Bertz CT molecular complexity index is 361. The van der Waals surface area contributed by atoms with E-state index in [-0.39, 0.29) is 0 Å². The Morgan fingerprint density at radius 1 is 1.56 bits per heavy atom. The highest BCUT2D eigenvalue weighted by Crippen LogP contribution is 2.26. The molecule has 0 saturated carbocycles. The summed E-state index contributed by atoms with van der Waals surface area (Å²) in [5.74, 6) is 0. The molecule has 7 heteroatoms. The SMILES string of the molecule is CC(C)(C)OC(=O)Nc1csc(O[B]O)c1. The molecule has 1 aromatic heterocycles. The molecule has 0 aliphatic carbocycles. The maximum atomic E-state index is 11.4. The summed E-state index contributed by atoms with van der Waals surface area (Å²) in [6.45, 7) is 5.36. The predicted molar refractivity (Wildman–Crippen MR) is 62.8 cm³/mol. The Hall–Kier alpha value is -1.21. The lowest BCUT2D eigenvalue weighted by Crippen LogP contribution is -2.27. The molecule has 0 atom stereocenters. The third-order valence-electron chi connectivity index (χ3n) is 1.39. The van der Waals surface area contributed by atoms with Gasteiger partial charge in [0.15, 0.2) is 5.06 Å². The molecule has 0 bridgehead atoms. The van der Waals surface area contributed by atoms with Crippen LogP contribution in [0.5, 0.6) is 5.06 Å². The number of hydrogen-bond acceptors (Lipinski definition) is 5. The Labute approximate surface area is 98.7 Å². The highest BCUT2D eigenvalue weighted by molar-refractivity contribution is 7.12. The molecule has 0 aliphatic heterocycles. The van der Waals surface area contributed by atoms with Gasteiger partial charge in [-0.05, 0) is 20.8 Å². The van der Waals surface area contributed by atoms with Crippen LogP contribution in [0.15, 0.2) is 11.4 Å². The van der Waals surface area contributed by atoms with Gasteiger partial charge in [-0.15, -0.1) is 11.3 Å². The van der Waals surface area contributed by atoms with Crippen LogP contribution in [-0.4, -0.2) is 24.4 Å². The van der Waals surface area contributed by atoms with Gasteiger partial charge in [0.25, 0.3) is 0 Å². The second-order valence-corrected chi connectivity index (χ2v) is 4.88. The third-order valence-corrected chi connectivity index (χ3v) is 2.21. The smallest absolute Gasteiger partial charge is 0.530 e. The number of amides is 1. The van der Waals surface area contributed by atoms with Crippen LogP contribution in [-0.2, 0) is 4.74 Å². The van der Waals surface area contributed by atoms with Gasteiger partial charge in [0, 0.05) is 11.4 Å². The standard InChI is InChI=1S/C9H13BNO4S/c1-9(2,3)14-8(12)11-6-4-7(15-10-13)16-5-6/h4-5,13H,1-3H3,(H,11,12). The lowest BCUT2D eigenvalue weighted by Gasteiger charge is -2.19. The lowest BCUT2D eigenvalue weighted by atomic mass is 10.2. The number of rotatable bonds is 3. The van der Waals surface area contributed by atoms with Crippen LogP contribution in [0.3, 0.4) is 0 Å². The maximum absolute atomic E-state index is 11.4. The minimum atomic E-state index is -0.529. The molecule has 2 N–H and O–H groups in total. The maximum Gasteiger partial charge on any atom is 0.569 e. The molecular weight excluding hydrogens is 229 g/mol. The Morgan fingerprint density at radius 2 is 2.25 bits per heavy atom. The lowest BCUT2D eigenvalue weighted by molar-refractivity contribution is 0.0636. The van der Waals surface area contributed by atoms with Crippen molar-refractivity contribution in [1.29, 1.82) is 0 Å². The van der Waals surface area contributed by atoms with Gasteiger partial charge in [-0.3, -0.25) is 5.32 Å². The van der Waals surface area contributed by atoms with Crippen LogP contribution < -0.4 is 9.97 Å². The van der Waals surface area contributed by atoms with E-state index in [0.29, 0.717) is 18.4 Å². The number of hydrogen-bond donors (Lipinski definition) is 2. The van der Waals surface area contributed by atoms with Crippen LogP contribution in [0.1, 0.15) is 20.8 Å². The summed E-state index contributed by atoms with van der Waals surface area (Å²) in [5, 5.41) is 13.1. The van der Waals surface area contributed by atoms with Crippen molar-refractivity contribution in [3.63, 3.8) is 0 Å². The average Bonchev–Trinajstić information content (AvgIpc) is 2.49. The molecule has 1 heterocycles. The van der Waals surface area contributed by atoms with E-state index in [1.54, 1.807) is 32.2 Å². The largest absolute Gasteiger partial charge is 0.569 e. The van der Waals surface area contributed by atoms with E-state index in [2.05, 4.69) is 5.32 Å². The van der Waals surface area contributed by atoms with Crippen molar-refractivity contribution >= 4 is 30.8 Å². The molecular formula is C9H13BNO4S. The van der Waals surface area contributed by atoms with Crippen LogP contribution in [0, 0.1) is 0 Å². The second-order valence-electron chi connectivity index (χ2n) is 4.00. The first-order chi connectivity index (χ1) is 7.40. The van der Waals surface area contributed by atoms with E-state index in [0.717, 1.165) is 0 Å². The van der Waals surface area contributed by atoms with Gasteiger partial charge < -0.3 is 14.4 Å². The zero-order valence-electron chi connectivity index (χ0n) is 9.31. The Morgan fingerprint density at radius 3 is 2.81 bits per heavy atom. The van der Waals surface area contributed by atoms with E-state index >= 15 is 0 Å². The number of carbonyl (C=O) groups excluding carboxylic acids is 1. The van der Waals surface area contributed by atoms with Crippen LogP contribution in [0.4, 0.5) is 10.5 Å². The molecule has 16 heavy (non-hydrogen) atoms. The summed E-state index contributed by atoms with van der Waals surface area (Å²) >= 11 is 1.25. The summed E-state index contributed by atoms with van der Waals surface area (Å²) in [6, 6.07) is 1.58. The van der Waals surface area contributed by atoms with Crippen LogP contribution in [0.25, 0.3) is 0 Å². The van der Waals surface area contributed by atoms with Crippen molar-refractivity contribution in [1.82, 2.24) is 0 Å². The summed E-state index contributed by atoms with van der Waals surface area (Å²) < 4.78 is 9.79. The topological polar surface area (TPSA) is 67.8 Å². The van der Waals surface area contributed by atoms with Crippen molar-refractivity contribution in [3.05, 3.63) is 11.4 Å². The zero-order chi connectivity index (χ0) is 12.2.